The molecule has 0 saturated heterocycles. The van der Waals surface area contributed by atoms with Gasteiger partial charge in [-0.05, 0) is 48.0 Å². The largest absolute Gasteiger partial charge is 0.497 e. The molecule has 0 bridgehead atoms. The molecular weight excluding hydrogens is 388 g/mol. The van der Waals surface area contributed by atoms with E-state index in [2.05, 4.69) is 0 Å². The monoisotopic (exact) mass is 406 g/mol. The summed E-state index contributed by atoms with van der Waals surface area (Å²) in [6, 6.07) is 22.0. The van der Waals surface area contributed by atoms with Crippen molar-refractivity contribution < 1.29 is 17.9 Å². The van der Waals surface area contributed by atoms with Crippen LogP contribution in [0.5, 0.6) is 5.75 Å². The molecule has 1 heterocycles. The van der Waals surface area contributed by atoms with E-state index >= 15 is 0 Å². The molecule has 0 aliphatic rings. The first kappa shape index (κ1) is 18.8. The lowest BCUT2D eigenvalue weighted by Gasteiger charge is -2.13. The Bertz CT molecular complexity index is 1310. The summed E-state index contributed by atoms with van der Waals surface area (Å²) in [5.74, 6) is -0.0663. The van der Waals surface area contributed by atoms with E-state index in [0.717, 1.165) is 5.56 Å². The van der Waals surface area contributed by atoms with Crippen molar-refractivity contribution in [2.45, 2.75) is 4.90 Å². The molecule has 2 N–H and O–H groups in total. The number of fused-ring (bicyclic) bond motifs is 1. The highest BCUT2D eigenvalue weighted by molar-refractivity contribution is 7.90. The molecule has 3 aromatic carbocycles. The number of amides is 1. The lowest BCUT2D eigenvalue weighted by atomic mass is 10.1. The average Bonchev–Trinajstić information content (AvgIpc) is 3.14. The molecule has 0 unspecified atom stereocenters. The third-order valence-corrected chi connectivity index (χ3v) is 6.45. The van der Waals surface area contributed by atoms with Crippen LogP contribution >= 0.6 is 0 Å². The molecule has 7 heteroatoms. The van der Waals surface area contributed by atoms with Crippen molar-refractivity contribution in [2.75, 3.05) is 7.11 Å². The van der Waals surface area contributed by atoms with Crippen molar-refractivity contribution in [2.24, 2.45) is 5.73 Å². The molecule has 6 nitrogen and oxygen atoms in total. The normalized spacial score (nSPS) is 11.5. The van der Waals surface area contributed by atoms with Gasteiger partial charge in [0.2, 0.25) is 5.91 Å². The summed E-state index contributed by atoms with van der Waals surface area (Å²) in [6.07, 6.45) is 0. The predicted octanol–water partition coefficient (Wildman–Crippen LogP) is 3.65. The second-order valence-electron chi connectivity index (χ2n) is 6.48. The number of nitrogens with two attached hydrogens (primary N) is 1. The van der Waals surface area contributed by atoms with Crippen LogP contribution in [-0.2, 0) is 10.0 Å². The van der Waals surface area contributed by atoms with Crippen molar-refractivity contribution in [1.82, 2.24) is 3.97 Å². The second kappa shape index (κ2) is 7.10. The Labute approximate surface area is 168 Å². The van der Waals surface area contributed by atoms with Gasteiger partial charge in [0.05, 0.1) is 23.2 Å². The van der Waals surface area contributed by atoms with Gasteiger partial charge in [0.1, 0.15) is 5.75 Å². The molecular formula is C22H18N2O4S. The zero-order chi connectivity index (χ0) is 20.6. The van der Waals surface area contributed by atoms with E-state index in [1.807, 2.05) is 30.3 Å². The zero-order valence-electron chi connectivity index (χ0n) is 15.6. The molecule has 146 valence electrons. The standard InChI is InChI=1S/C22H18N2O4S/c1-28-18-9-11-19(12-10-18)29(26,27)24-20(15-5-3-2-4-6-15)13-16-7-8-17(22(23)25)14-21(16)24/h2-14H,1H3,(H2,23,25). The van der Waals surface area contributed by atoms with Crippen molar-refractivity contribution in [3.05, 3.63) is 84.4 Å². The van der Waals surface area contributed by atoms with E-state index in [4.69, 9.17) is 10.5 Å². The average molecular weight is 406 g/mol. The van der Waals surface area contributed by atoms with Crippen LogP contribution in [0.4, 0.5) is 0 Å². The maximum atomic E-state index is 13.6. The third kappa shape index (κ3) is 3.25. The van der Waals surface area contributed by atoms with Gasteiger partial charge in [0.15, 0.2) is 0 Å². The summed E-state index contributed by atoms with van der Waals surface area (Å²) < 4.78 is 33.6. The number of nitrogens with zero attached hydrogens (tertiary/aromatic N) is 1. The summed E-state index contributed by atoms with van der Waals surface area (Å²) >= 11 is 0. The van der Waals surface area contributed by atoms with Crippen LogP contribution in [-0.4, -0.2) is 25.4 Å². The Morgan fingerprint density at radius 1 is 0.931 bits per heavy atom. The number of hydrogen-bond acceptors (Lipinski definition) is 4. The van der Waals surface area contributed by atoms with Crippen molar-refractivity contribution in [1.29, 1.82) is 0 Å². The number of methoxy groups -OCH3 is 1. The number of primary amides is 1. The highest BCUT2D eigenvalue weighted by Crippen LogP contribution is 2.33. The maximum Gasteiger partial charge on any atom is 0.268 e. The third-order valence-electron chi connectivity index (χ3n) is 4.71. The van der Waals surface area contributed by atoms with Crippen LogP contribution in [0.25, 0.3) is 22.2 Å². The van der Waals surface area contributed by atoms with Gasteiger partial charge in [-0.25, -0.2) is 12.4 Å². The lowest BCUT2D eigenvalue weighted by Crippen LogP contribution is -2.15. The summed E-state index contributed by atoms with van der Waals surface area (Å²) in [5.41, 5.74) is 7.27. The first-order valence-corrected chi connectivity index (χ1v) is 10.3. The fourth-order valence-corrected chi connectivity index (χ4v) is 4.78. The van der Waals surface area contributed by atoms with Gasteiger partial charge >= 0.3 is 0 Å². The molecule has 1 amide bonds. The highest BCUT2D eigenvalue weighted by Gasteiger charge is 2.24. The van der Waals surface area contributed by atoms with Crippen LogP contribution in [0, 0.1) is 0 Å². The van der Waals surface area contributed by atoms with Gasteiger partial charge in [0.25, 0.3) is 10.0 Å². The molecule has 4 aromatic rings. The fraction of sp³-hybridized carbons (Fsp3) is 0.0455. The predicted molar refractivity (Wildman–Crippen MR) is 111 cm³/mol. The van der Waals surface area contributed by atoms with Crippen LogP contribution in [0.3, 0.4) is 0 Å². The number of ether oxygens (including phenoxy) is 1. The SMILES string of the molecule is COc1ccc(S(=O)(=O)n2c(-c3ccccc3)cc3ccc(C(N)=O)cc32)cc1. The second-order valence-corrected chi connectivity index (χ2v) is 8.27. The molecule has 4 rings (SSSR count). The zero-order valence-corrected chi connectivity index (χ0v) is 16.4. The quantitative estimate of drug-likeness (QED) is 0.548. The highest BCUT2D eigenvalue weighted by atomic mass is 32.2. The van der Waals surface area contributed by atoms with E-state index < -0.39 is 15.9 Å². The van der Waals surface area contributed by atoms with Crippen molar-refractivity contribution >= 4 is 26.8 Å². The minimum absolute atomic E-state index is 0.109. The Morgan fingerprint density at radius 2 is 1.62 bits per heavy atom. The molecule has 0 aliphatic heterocycles. The number of carbonyl (C=O) groups is 1. The Kier molecular flexibility index (Phi) is 4.60. The van der Waals surface area contributed by atoms with E-state index in [-0.39, 0.29) is 10.5 Å². The molecule has 0 fully saturated rings. The summed E-state index contributed by atoms with van der Waals surface area (Å²) in [7, 11) is -2.44. The first-order chi connectivity index (χ1) is 13.9. The van der Waals surface area contributed by atoms with Crippen molar-refractivity contribution in [3.8, 4) is 17.0 Å². The van der Waals surface area contributed by atoms with Crippen LogP contribution in [0.2, 0.25) is 0 Å². The summed E-state index contributed by atoms with van der Waals surface area (Å²) in [4.78, 5) is 11.8. The molecule has 0 radical (unpaired) electrons. The summed E-state index contributed by atoms with van der Waals surface area (Å²) in [5, 5.41) is 0.686. The minimum atomic E-state index is -3.96. The van der Waals surface area contributed by atoms with Gasteiger partial charge in [0, 0.05) is 10.9 Å². The van der Waals surface area contributed by atoms with E-state index in [0.29, 0.717) is 22.3 Å². The Balaban J connectivity index is 2.04. The Hall–Kier alpha value is -3.58. The number of aromatic nitrogens is 1. The van der Waals surface area contributed by atoms with E-state index in [9.17, 15) is 13.2 Å². The smallest absolute Gasteiger partial charge is 0.268 e. The van der Waals surface area contributed by atoms with Crippen molar-refractivity contribution in [3.63, 3.8) is 0 Å². The first-order valence-electron chi connectivity index (χ1n) is 8.82. The molecule has 0 atom stereocenters. The summed E-state index contributed by atoms with van der Waals surface area (Å²) in [6.45, 7) is 0. The van der Waals surface area contributed by atoms with Gasteiger partial charge < -0.3 is 10.5 Å². The van der Waals surface area contributed by atoms with Crippen LogP contribution in [0.15, 0.2) is 83.8 Å². The fourth-order valence-electron chi connectivity index (χ4n) is 3.25. The maximum absolute atomic E-state index is 13.6. The topological polar surface area (TPSA) is 91.4 Å². The Morgan fingerprint density at radius 3 is 2.24 bits per heavy atom. The van der Waals surface area contributed by atoms with Gasteiger partial charge in [-0.1, -0.05) is 36.4 Å². The van der Waals surface area contributed by atoms with Gasteiger partial charge in [-0.15, -0.1) is 0 Å². The number of rotatable bonds is 5. The molecule has 29 heavy (non-hydrogen) atoms. The lowest BCUT2D eigenvalue weighted by molar-refractivity contribution is 0.100. The molecule has 1 aromatic heterocycles. The minimum Gasteiger partial charge on any atom is -0.497 e. The number of carbonyl (C=O) groups excluding carboxylic acids is 1. The van der Waals surface area contributed by atoms with Gasteiger partial charge in [-0.2, -0.15) is 0 Å². The number of benzene rings is 3. The molecule has 0 aliphatic carbocycles. The van der Waals surface area contributed by atoms with Crippen LogP contribution < -0.4 is 10.5 Å². The van der Waals surface area contributed by atoms with E-state index in [1.54, 1.807) is 30.3 Å². The van der Waals surface area contributed by atoms with E-state index in [1.165, 1.54) is 29.3 Å². The van der Waals surface area contributed by atoms with Crippen LogP contribution in [0.1, 0.15) is 10.4 Å². The van der Waals surface area contributed by atoms with Gasteiger partial charge in [-0.3, -0.25) is 4.79 Å². The molecule has 0 spiro atoms. The number of hydrogen-bond donors (Lipinski definition) is 1. The molecule has 0 saturated carbocycles.